The Morgan fingerprint density at radius 3 is 1.88 bits per heavy atom. The van der Waals surface area contributed by atoms with Crippen molar-refractivity contribution in [1.82, 2.24) is 0 Å². The van der Waals surface area contributed by atoms with Crippen LogP contribution in [0.5, 0.6) is 0 Å². The number of aliphatic hydroxyl groups excluding tert-OH is 1. The van der Waals surface area contributed by atoms with Crippen molar-refractivity contribution < 1.29 is 26.8 Å². The monoisotopic (exact) mass is 170 g/mol. The number of rotatable bonds is 3. The molecule has 1 N–H and O–H groups in total. The Morgan fingerprint density at radius 2 is 1.75 bits per heavy atom. The van der Waals surface area contributed by atoms with Gasteiger partial charge in [0.15, 0.2) is 0 Å². The quantitative estimate of drug-likeness (QED) is 0.499. The molecule has 3 heteroatoms. The molecule has 0 rings (SSSR count). The fraction of sp³-hybridized carbons (Fsp3) is 1.00. The summed E-state index contributed by atoms with van der Waals surface area (Å²) in [5.41, 5.74) is 0. The van der Waals surface area contributed by atoms with Gasteiger partial charge in [-0.25, -0.2) is 0 Å². The number of aliphatic hydroxyl groups is 1. The minimum absolute atomic E-state index is 0. The van der Waals surface area contributed by atoms with E-state index in [-0.39, 0.29) is 35.2 Å². The van der Waals surface area contributed by atoms with E-state index in [2.05, 4.69) is 6.92 Å². The fourth-order valence-electron chi connectivity index (χ4n) is 0.362. The summed E-state index contributed by atoms with van der Waals surface area (Å²) in [6.07, 6.45) is 3.33. The zero-order valence-corrected chi connectivity index (χ0v) is 7.84. The third-order valence-corrected chi connectivity index (χ3v) is 0.762. The molecule has 0 aliphatic carbocycles. The summed E-state index contributed by atoms with van der Waals surface area (Å²) in [5.74, 6) is 0. The van der Waals surface area contributed by atoms with Crippen molar-refractivity contribution in [2.24, 2.45) is 0 Å². The molecular weight excluding hydrogens is 156 g/mol. The van der Waals surface area contributed by atoms with Crippen LogP contribution in [0.2, 0.25) is 0 Å². The summed E-state index contributed by atoms with van der Waals surface area (Å²) in [5, 5.41) is 8.20. The van der Waals surface area contributed by atoms with Crippen molar-refractivity contribution in [3.05, 3.63) is 0 Å². The molecule has 0 aromatic heterocycles. The van der Waals surface area contributed by atoms with Crippen LogP contribution in [0.15, 0.2) is 0 Å². The van der Waals surface area contributed by atoms with Gasteiger partial charge in [-0.1, -0.05) is 19.8 Å². The zero-order chi connectivity index (χ0) is 4.83. The summed E-state index contributed by atoms with van der Waals surface area (Å²) in [6, 6.07) is 0. The van der Waals surface area contributed by atoms with E-state index in [1.807, 2.05) is 0 Å². The number of hydrogen-bond donors (Lipinski definition) is 1. The summed E-state index contributed by atoms with van der Waals surface area (Å²) in [6.45, 7) is 2.48. The Kier molecular flexibility index (Phi) is 31.4. The van der Waals surface area contributed by atoms with Gasteiger partial charge in [-0.3, -0.25) is 0 Å². The number of unbranched alkanes of at least 4 members (excludes halogenated alkanes) is 2. The van der Waals surface area contributed by atoms with E-state index < -0.39 is 0 Å². The molecule has 0 unspecified atom stereocenters. The molecule has 0 spiro atoms. The molecule has 1 nitrogen and oxygen atoms in total. The summed E-state index contributed by atoms with van der Waals surface area (Å²) in [4.78, 5) is 0. The van der Waals surface area contributed by atoms with E-state index in [9.17, 15) is 0 Å². The second kappa shape index (κ2) is 15.7. The van der Waals surface area contributed by atoms with Gasteiger partial charge >= 0.3 is 0 Å². The Morgan fingerprint density at radius 1 is 1.25 bits per heavy atom. The largest absolute Gasteiger partial charge is 0.396 e. The molecule has 50 valence electrons. The average molecular weight is 170 g/mol. The van der Waals surface area contributed by atoms with Crippen LogP contribution >= 0.6 is 13.5 Å². The van der Waals surface area contributed by atoms with Gasteiger partial charge in [-0.05, 0) is 6.42 Å². The third kappa shape index (κ3) is 15.7. The van der Waals surface area contributed by atoms with Gasteiger partial charge in [-0.2, -0.15) is 13.5 Å². The SMILES string of the molecule is CCCCCO.S.[Ti]. The molecule has 0 amide bonds. The van der Waals surface area contributed by atoms with Crippen molar-refractivity contribution >= 4 is 13.5 Å². The second-order valence-electron chi connectivity index (χ2n) is 1.43. The Balaban J connectivity index is -0.000000125. The van der Waals surface area contributed by atoms with Crippen molar-refractivity contribution in [2.75, 3.05) is 6.61 Å². The van der Waals surface area contributed by atoms with Crippen LogP contribution in [0.3, 0.4) is 0 Å². The molecule has 0 fully saturated rings. The maximum absolute atomic E-state index is 8.20. The van der Waals surface area contributed by atoms with Crippen molar-refractivity contribution in [2.45, 2.75) is 26.2 Å². The van der Waals surface area contributed by atoms with Crippen LogP contribution in [0, 0.1) is 0 Å². The second-order valence-corrected chi connectivity index (χ2v) is 1.43. The molecule has 0 aromatic rings. The maximum atomic E-state index is 8.20. The van der Waals surface area contributed by atoms with Crippen molar-refractivity contribution in [3.8, 4) is 0 Å². The topological polar surface area (TPSA) is 20.2 Å². The molecule has 0 radical (unpaired) electrons. The van der Waals surface area contributed by atoms with Gasteiger partial charge in [0.1, 0.15) is 0 Å². The molecule has 0 saturated heterocycles. The maximum Gasteiger partial charge on any atom is 0.0431 e. The van der Waals surface area contributed by atoms with E-state index in [0.29, 0.717) is 6.61 Å². The van der Waals surface area contributed by atoms with Crippen LogP contribution in [0.1, 0.15) is 26.2 Å². The third-order valence-electron chi connectivity index (χ3n) is 0.762. The number of hydrogen-bond acceptors (Lipinski definition) is 1. The predicted molar refractivity (Wildman–Crippen MR) is 37.0 cm³/mol. The molecule has 0 bridgehead atoms. The van der Waals surface area contributed by atoms with Crippen LogP contribution in [0.25, 0.3) is 0 Å². The summed E-state index contributed by atoms with van der Waals surface area (Å²) in [7, 11) is 0. The van der Waals surface area contributed by atoms with Crippen LogP contribution in [-0.2, 0) is 21.7 Å². The summed E-state index contributed by atoms with van der Waals surface area (Å²) < 4.78 is 0. The average Bonchev–Trinajstić information content (AvgIpc) is 1.61. The molecule has 0 aliphatic rings. The van der Waals surface area contributed by atoms with Crippen molar-refractivity contribution in [1.29, 1.82) is 0 Å². The first kappa shape index (κ1) is 16.0. The standard InChI is InChI=1S/C5H12O.H2S.Ti/c1-2-3-4-5-6;;/h6H,2-5H2,1H3;1H2;. The van der Waals surface area contributed by atoms with E-state index >= 15 is 0 Å². The van der Waals surface area contributed by atoms with Gasteiger partial charge in [0.25, 0.3) is 0 Å². The van der Waals surface area contributed by atoms with Crippen LogP contribution in [-0.4, -0.2) is 11.7 Å². The van der Waals surface area contributed by atoms with E-state index in [0.717, 1.165) is 12.8 Å². The Labute approximate surface area is 73.2 Å². The molecule has 0 atom stereocenters. The van der Waals surface area contributed by atoms with Crippen LogP contribution < -0.4 is 0 Å². The molecule has 8 heavy (non-hydrogen) atoms. The van der Waals surface area contributed by atoms with Gasteiger partial charge in [0, 0.05) is 28.3 Å². The van der Waals surface area contributed by atoms with E-state index in [1.54, 1.807) is 0 Å². The molecule has 0 aliphatic heterocycles. The molecule has 0 saturated carbocycles. The predicted octanol–water partition coefficient (Wildman–Crippen LogP) is 1.28. The van der Waals surface area contributed by atoms with E-state index in [1.165, 1.54) is 6.42 Å². The molecule has 0 aromatic carbocycles. The minimum Gasteiger partial charge on any atom is -0.396 e. The van der Waals surface area contributed by atoms with Gasteiger partial charge in [-0.15, -0.1) is 0 Å². The minimum atomic E-state index is 0. The first-order valence-electron chi connectivity index (χ1n) is 2.52. The Hall–Kier alpha value is 1.02. The van der Waals surface area contributed by atoms with Gasteiger partial charge < -0.3 is 5.11 Å². The normalized spacial score (nSPS) is 6.75. The molecule has 0 heterocycles. The first-order valence-corrected chi connectivity index (χ1v) is 2.52. The van der Waals surface area contributed by atoms with Gasteiger partial charge in [0.2, 0.25) is 0 Å². The summed E-state index contributed by atoms with van der Waals surface area (Å²) >= 11 is 0. The van der Waals surface area contributed by atoms with Crippen LogP contribution in [0.4, 0.5) is 0 Å². The first-order chi connectivity index (χ1) is 2.91. The van der Waals surface area contributed by atoms with Gasteiger partial charge in [0.05, 0.1) is 0 Å². The smallest absolute Gasteiger partial charge is 0.0431 e. The zero-order valence-electron chi connectivity index (χ0n) is 5.28. The van der Waals surface area contributed by atoms with Crippen molar-refractivity contribution in [3.63, 3.8) is 0 Å². The molecular formula is C5H14OSTi. The van der Waals surface area contributed by atoms with E-state index in [4.69, 9.17) is 5.11 Å². The Bertz CT molecular complexity index is 24.4. The fourth-order valence-corrected chi connectivity index (χ4v) is 0.362.